The second-order valence-corrected chi connectivity index (χ2v) is 4.89. The lowest BCUT2D eigenvalue weighted by atomic mass is 10.2. The Kier molecular flexibility index (Phi) is 4.84. The minimum atomic E-state index is -0.438. The molecule has 1 unspecified atom stereocenters. The maximum atomic E-state index is 12.1. The van der Waals surface area contributed by atoms with Crippen LogP contribution in [0.5, 0.6) is 11.5 Å². The van der Waals surface area contributed by atoms with E-state index in [1.165, 1.54) is 0 Å². The van der Waals surface area contributed by atoms with E-state index >= 15 is 0 Å². The molecule has 1 heterocycles. The quantitative estimate of drug-likeness (QED) is 0.884. The largest absolute Gasteiger partial charge is 0.486 e. The Morgan fingerprint density at radius 3 is 2.75 bits per heavy atom. The molecule has 2 rings (SSSR count). The summed E-state index contributed by atoms with van der Waals surface area (Å²) in [4.78, 5) is 13.9. The van der Waals surface area contributed by atoms with Crippen molar-refractivity contribution < 1.29 is 14.3 Å². The molecule has 1 aromatic rings. The molecular weight excluding hydrogens is 256 g/mol. The van der Waals surface area contributed by atoms with Crippen LogP contribution in [0.4, 0.5) is 0 Å². The number of fused-ring (bicyclic) bond motifs is 1. The molecule has 1 aliphatic heterocycles. The van der Waals surface area contributed by atoms with Crippen molar-refractivity contribution in [1.82, 2.24) is 4.90 Å². The topological polar surface area (TPSA) is 64.8 Å². The van der Waals surface area contributed by atoms with Crippen LogP contribution in [0.2, 0.25) is 0 Å². The predicted octanol–water partition coefficient (Wildman–Crippen LogP) is 1.41. The van der Waals surface area contributed by atoms with Gasteiger partial charge in [-0.25, -0.2) is 0 Å². The molecule has 110 valence electrons. The van der Waals surface area contributed by atoms with Crippen molar-refractivity contribution in [2.75, 3.05) is 19.7 Å². The Hall–Kier alpha value is -1.75. The minimum Gasteiger partial charge on any atom is -0.486 e. The van der Waals surface area contributed by atoms with Crippen LogP contribution in [0, 0.1) is 0 Å². The maximum Gasteiger partial charge on any atom is 0.239 e. The van der Waals surface area contributed by atoms with E-state index in [1.807, 2.05) is 38.1 Å². The minimum absolute atomic E-state index is 0.0301. The maximum absolute atomic E-state index is 12.1. The fraction of sp³-hybridized carbons (Fsp3) is 0.533. The molecule has 0 spiro atoms. The molecule has 1 aliphatic rings. The van der Waals surface area contributed by atoms with Crippen LogP contribution in [-0.4, -0.2) is 42.6 Å². The number of ether oxygens (including phenoxy) is 2. The van der Waals surface area contributed by atoms with Gasteiger partial charge in [-0.05, 0) is 25.5 Å². The van der Waals surface area contributed by atoms with Gasteiger partial charge in [0.1, 0.15) is 6.61 Å². The number of carbonyl (C=O) groups is 1. The highest BCUT2D eigenvalue weighted by Gasteiger charge is 2.26. The molecule has 1 amide bonds. The Balaban J connectivity index is 1.98. The number of nitrogens with two attached hydrogens (primary N) is 1. The van der Waals surface area contributed by atoms with Crippen LogP contribution in [0.15, 0.2) is 24.3 Å². The Morgan fingerprint density at radius 2 is 2.10 bits per heavy atom. The fourth-order valence-corrected chi connectivity index (χ4v) is 2.18. The molecule has 5 heteroatoms. The summed E-state index contributed by atoms with van der Waals surface area (Å²) in [6.07, 6.45) is 0.484. The number of carbonyl (C=O) groups excluding carboxylic acids is 1. The standard InChI is InChI=1S/C15H22N2O3/c1-3-12(16)15(18)17(4-2)9-11-10-19-13-7-5-6-8-14(13)20-11/h5-8,11-12H,3-4,9-10,16H2,1-2H3/t11?,12-/m0/s1. The van der Waals surface area contributed by atoms with Gasteiger partial charge in [0.05, 0.1) is 12.6 Å². The van der Waals surface area contributed by atoms with E-state index in [4.69, 9.17) is 15.2 Å². The molecule has 0 saturated carbocycles. The van der Waals surface area contributed by atoms with Crippen LogP contribution in [0.3, 0.4) is 0 Å². The predicted molar refractivity (Wildman–Crippen MR) is 76.9 cm³/mol. The highest BCUT2D eigenvalue weighted by Crippen LogP contribution is 2.31. The smallest absolute Gasteiger partial charge is 0.239 e. The number of rotatable bonds is 5. The third-order valence-corrected chi connectivity index (χ3v) is 3.44. The van der Waals surface area contributed by atoms with Crippen molar-refractivity contribution in [2.24, 2.45) is 5.73 Å². The zero-order chi connectivity index (χ0) is 14.5. The first-order valence-electron chi connectivity index (χ1n) is 7.08. The van der Waals surface area contributed by atoms with Gasteiger partial charge >= 0.3 is 0 Å². The first-order chi connectivity index (χ1) is 9.65. The first kappa shape index (κ1) is 14.7. The van der Waals surface area contributed by atoms with Crippen LogP contribution in [0.1, 0.15) is 20.3 Å². The average molecular weight is 278 g/mol. The highest BCUT2D eigenvalue weighted by atomic mass is 16.6. The summed E-state index contributed by atoms with van der Waals surface area (Å²) in [7, 11) is 0. The summed E-state index contributed by atoms with van der Waals surface area (Å²) in [5.41, 5.74) is 5.81. The van der Waals surface area contributed by atoms with E-state index in [9.17, 15) is 4.79 Å². The average Bonchev–Trinajstić information content (AvgIpc) is 2.50. The number of hydrogen-bond donors (Lipinski definition) is 1. The van der Waals surface area contributed by atoms with E-state index in [1.54, 1.807) is 4.90 Å². The van der Waals surface area contributed by atoms with E-state index in [0.29, 0.717) is 26.1 Å². The molecule has 5 nitrogen and oxygen atoms in total. The molecule has 0 fully saturated rings. The van der Waals surface area contributed by atoms with E-state index in [-0.39, 0.29) is 12.0 Å². The number of benzene rings is 1. The highest BCUT2D eigenvalue weighted by molar-refractivity contribution is 5.81. The lowest BCUT2D eigenvalue weighted by Crippen LogP contribution is -2.49. The van der Waals surface area contributed by atoms with Crippen molar-refractivity contribution in [3.63, 3.8) is 0 Å². The van der Waals surface area contributed by atoms with Crippen LogP contribution >= 0.6 is 0 Å². The fourth-order valence-electron chi connectivity index (χ4n) is 2.18. The Labute approximate surface area is 119 Å². The molecule has 0 radical (unpaired) electrons. The summed E-state index contributed by atoms with van der Waals surface area (Å²) in [5.74, 6) is 1.45. The van der Waals surface area contributed by atoms with Gasteiger partial charge in [-0.15, -0.1) is 0 Å². The van der Waals surface area contributed by atoms with Gasteiger partial charge in [-0.2, -0.15) is 0 Å². The third kappa shape index (κ3) is 3.22. The van der Waals surface area contributed by atoms with Crippen molar-refractivity contribution in [3.05, 3.63) is 24.3 Å². The summed E-state index contributed by atoms with van der Waals surface area (Å²) in [5, 5.41) is 0. The second-order valence-electron chi connectivity index (χ2n) is 4.89. The molecular formula is C15H22N2O3. The molecule has 0 aliphatic carbocycles. The number of likely N-dealkylation sites (N-methyl/N-ethyl adjacent to an activating group) is 1. The lowest BCUT2D eigenvalue weighted by Gasteiger charge is -2.31. The van der Waals surface area contributed by atoms with E-state index in [0.717, 1.165) is 11.5 Å². The summed E-state index contributed by atoms with van der Waals surface area (Å²) in [6, 6.07) is 7.12. The molecule has 2 N–H and O–H groups in total. The van der Waals surface area contributed by atoms with Gasteiger partial charge in [0.15, 0.2) is 17.6 Å². The van der Waals surface area contributed by atoms with Gasteiger partial charge in [0.2, 0.25) is 5.91 Å². The Bertz CT molecular complexity index is 464. The van der Waals surface area contributed by atoms with Crippen molar-refractivity contribution in [1.29, 1.82) is 0 Å². The SMILES string of the molecule is CC[C@H](N)C(=O)N(CC)CC1COc2ccccc2O1. The van der Waals surface area contributed by atoms with E-state index < -0.39 is 6.04 Å². The van der Waals surface area contributed by atoms with Gasteiger partial charge in [-0.1, -0.05) is 19.1 Å². The van der Waals surface area contributed by atoms with Gasteiger partial charge in [0.25, 0.3) is 0 Å². The first-order valence-corrected chi connectivity index (χ1v) is 7.08. The van der Waals surface area contributed by atoms with Crippen LogP contribution < -0.4 is 15.2 Å². The van der Waals surface area contributed by atoms with Gasteiger partial charge < -0.3 is 20.1 Å². The zero-order valence-corrected chi connectivity index (χ0v) is 12.0. The van der Waals surface area contributed by atoms with Crippen LogP contribution in [0.25, 0.3) is 0 Å². The summed E-state index contributed by atoms with van der Waals surface area (Å²) < 4.78 is 11.5. The molecule has 0 aromatic heterocycles. The zero-order valence-electron chi connectivity index (χ0n) is 12.0. The number of hydrogen-bond acceptors (Lipinski definition) is 4. The number of para-hydroxylation sites is 2. The van der Waals surface area contributed by atoms with Crippen molar-refractivity contribution in [2.45, 2.75) is 32.4 Å². The molecule has 0 bridgehead atoms. The normalized spacial score (nSPS) is 18.4. The van der Waals surface area contributed by atoms with E-state index in [2.05, 4.69) is 0 Å². The monoisotopic (exact) mass is 278 g/mol. The number of nitrogens with zero attached hydrogens (tertiary/aromatic N) is 1. The van der Waals surface area contributed by atoms with Crippen molar-refractivity contribution >= 4 is 5.91 Å². The molecule has 1 aromatic carbocycles. The lowest BCUT2D eigenvalue weighted by molar-refractivity contribution is -0.134. The molecule has 2 atom stereocenters. The summed E-state index contributed by atoms with van der Waals surface area (Å²) >= 11 is 0. The van der Waals surface area contributed by atoms with Crippen LogP contribution in [-0.2, 0) is 4.79 Å². The Morgan fingerprint density at radius 1 is 1.40 bits per heavy atom. The third-order valence-electron chi connectivity index (χ3n) is 3.44. The van der Waals surface area contributed by atoms with Gasteiger partial charge in [-0.3, -0.25) is 4.79 Å². The second kappa shape index (κ2) is 6.61. The van der Waals surface area contributed by atoms with Crippen molar-refractivity contribution in [3.8, 4) is 11.5 Å². The molecule has 20 heavy (non-hydrogen) atoms. The summed E-state index contributed by atoms with van der Waals surface area (Å²) in [6.45, 7) is 5.42. The van der Waals surface area contributed by atoms with Gasteiger partial charge in [0, 0.05) is 6.54 Å². The number of amides is 1. The molecule has 0 saturated heterocycles.